The summed E-state index contributed by atoms with van der Waals surface area (Å²) >= 11 is 4.92. The molecule has 0 spiro atoms. The van der Waals surface area contributed by atoms with E-state index in [1.165, 1.54) is 0 Å². The van der Waals surface area contributed by atoms with E-state index in [4.69, 9.17) is 18.0 Å². The highest BCUT2D eigenvalue weighted by atomic mass is 32.1. The molecule has 0 saturated heterocycles. The van der Waals surface area contributed by atoms with Crippen LogP contribution in [0.3, 0.4) is 0 Å². The molecule has 2 rings (SSSR count). The van der Waals surface area contributed by atoms with Crippen molar-refractivity contribution in [3.63, 3.8) is 0 Å². The van der Waals surface area contributed by atoms with Crippen LogP contribution in [0.5, 0.6) is 0 Å². The van der Waals surface area contributed by atoms with Crippen molar-refractivity contribution in [1.29, 1.82) is 0 Å². The first kappa shape index (κ1) is 12.5. The molecule has 94 valence electrons. The minimum absolute atomic E-state index is 0.312. The Hall–Kier alpha value is -1.95. The minimum atomic E-state index is 0.312. The Morgan fingerprint density at radius 1 is 1.56 bits per heavy atom. The molecule has 18 heavy (non-hydrogen) atoms. The fourth-order valence-corrected chi connectivity index (χ4v) is 1.82. The first-order valence-electron chi connectivity index (χ1n) is 5.51. The number of thiocarbonyl (C=S) groups is 1. The summed E-state index contributed by atoms with van der Waals surface area (Å²) in [5.74, 6) is 0. The monoisotopic (exact) mass is 261 g/mol. The Bertz CT molecular complexity index is 563. The van der Waals surface area contributed by atoms with Gasteiger partial charge in [0.2, 0.25) is 0 Å². The predicted molar refractivity (Wildman–Crippen MR) is 75.4 cm³/mol. The summed E-state index contributed by atoms with van der Waals surface area (Å²) in [6, 6.07) is 3.82. The van der Waals surface area contributed by atoms with E-state index >= 15 is 0 Å². The predicted octanol–water partition coefficient (Wildman–Crippen LogP) is 1.09. The molecule has 2 aromatic heterocycles. The van der Waals surface area contributed by atoms with Crippen molar-refractivity contribution in [3.8, 4) is 0 Å². The smallest absolute Gasteiger partial charge is 0.122 e. The number of hydrogen-bond donors (Lipinski definition) is 1. The van der Waals surface area contributed by atoms with Crippen LogP contribution in [0.2, 0.25) is 0 Å². The number of pyridine rings is 1. The molecule has 0 bridgehead atoms. The maximum atomic E-state index is 5.58. The van der Waals surface area contributed by atoms with Crippen LogP contribution in [0.1, 0.15) is 11.3 Å². The summed E-state index contributed by atoms with van der Waals surface area (Å²) in [4.78, 5) is 6.53. The van der Waals surface area contributed by atoms with Crippen LogP contribution in [-0.4, -0.2) is 26.8 Å². The van der Waals surface area contributed by atoms with Gasteiger partial charge in [-0.1, -0.05) is 12.2 Å². The molecule has 0 fully saturated rings. The Labute approximate surface area is 111 Å². The van der Waals surface area contributed by atoms with E-state index in [1.54, 1.807) is 10.9 Å². The Morgan fingerprint density at radius 2 is 2.33 bits per heavy atom. The fraction of sp³-hybridized carbons (Fsp3) is 0.250. The van der Waals surface area contributed by atoms with Crippen molar-refractivity contribution in [2.24, 2.45) is 12.8 Å². The van der Waals surface area contributed by atoms with E-state index in [1.807, 2.05) is 38.6 Å². The molecule has 0 aliphatic heterocycles. The highest BCUT2D eigenvalue weighted by Gasteiger charge is 2.06. The van der Waals surface area contributed by atoms with E-state index in [9.17, 15) is 0 Å². The molecule has 0 amide bonds. The zero-order chi connectivity index (χ0) is 13.1. The largest absolute Gasteiger partial charge is 0.388 e. The third kappa shape index (κ3) is 2.84. The minimum Gasteiger partial charge on any atom is -0.388 e. The lowest BCUT2D eigenvalue weighted by Crippen LogP contribution is -2.18. The van der Waals surface area contributed by atoms with E-state index in [0.29, 0.717) is 10.7 Å². The summed E-state index contributed by atoms with van der Waals surface area (Å²) in [5, 5.41) is 4.15. The second-order valence-corrected chi connectivity index (χ2v) is 4.58. The molecule has 0 unspecified atom stereocenters. The van der Waals surface area contributed by atoms with Crippen LogP contribution >= 0.6 is 12.2 Å². The molecule has 2 heterocycles. The van der Waals surface area contributed by atoms with Gasteiger partial charge >= 0.3 is 0 Å². The molecule has 5 nitrogen and oxygen atoms in total. The molecular weight excluding hydrogens is 246 g/mol. The SMILES string of the molecule is CN(Cc1cnn(C)c1)c1ccnc(C(N)=S)c1. The number of rotatable bonds is 4. The van der Waals surface area contributed by atoms with Crippen LogP contribution in [0.25, 0.3) is 0 Å². The maximum Gasteiger partial charge on any atom is 0.122 e. The van der Waals surface area contributed by atoms with Gasteiger partial charge in [-0.3, -0.25) is 9.67 Å². The van der Waals surface area contributed by atoms with Crippen molar-refractivity contribution in [2.45, 2.75) is 6.54 Å². The lowest BCUT2D eigenvalue weighted by atomic mass is 10.2. The van der Waals surface area contributed by atoms with Crippen LogP contribution < -0.4 is 10.6 Å². The molecule has 0 atom stereocenters. The third-order valence-corrected chi connectivity index (χ3v) is 2.82. The molecule has 0 aromatic carbocycles. The molecular formula is C12H15N5S. The zero-order valence-electron chi connectivity index (χ0n) is 10.4. The molecule has 0 saturated carbocycles. The molecule has 2 aromatic rings. The summed E-state index contributed by atoms with van der Waals surface area (Å²) in [5.41, 5.74) is 8.39. The van der Waals surface area contributed by atoms with Gasteiger partial charge in [-0.2, -0.15) is 5.10 Å². The summed E-state index contributed by atoms with van der Waals surface area (Å²) in [6.45, 7) is 0.772. The topological polar surface area (TPSA) is 60.0 Å². The van der Waals surface area contributed by atoms with Gasteiger partial charge in [0.1, 0.15) is 4.99 Å². The second-order valence-electron chi connectivity index (χ2n) is 4.14. The van der Waals surface area contributed by atoms with Crippen molar-refractivity contribution in [2.75, 3.05) is 11.9 Å². The summed E-state index contributed by atoms with van der Waals surface area (Å²) < 4.78 is 1.79. The third-order valence-electron chi connectivity index (χ3n) is 2.61. The normalized spacial score (nSPS) is 10.3. The molecule has 0 radical (unpaired) electrons. The van der Waals surface area contributed by atoms with Crippen LogP contribution in [0, 0.1) is 0 Å². The number of aromatic nitrogens is 3. The number of nitrogens with two attached hydrogens (primary N) is 1. The average molecular weight is 261 g/mol. The van der Waals surface area contributed by atoms with Gasteiger partial charge in [-0.15, -0.1) is 0 Å². The first-order valence-corrected chi connectivity index (χ1v) is 5.91. The van der Waals surface area contributed by atoms with Crippen LogP contribution in [0.15, 0.2) is 30.7 Å². The quantitative estimate of drug-likeness (QED) is 0.835. The Morgan fingerprint density at radius 3 is 2.94 bits per heavy atom. The van der Waals surface area contributed by atoms with Gasteiger partial charge in [-0.25, -0.2) is 0 Å². The van der Waals surface area contributed by atoms with Crippen LogP contribution in [0.4, 0.5) is 5.69 Å². The molecule has 0 aliphatic carbocycles. The zero-order valence-corrected chi connectivity index (χ0v) is 11.2. The standard InChI is InChI=1S/C12H15N5S/c1-16(7-9-6-15-17(2)8-9)10-3-4-14-11(5-10)12(13)18/h3-6,8H,7H2,1-2H3,(H2,13,18). The molecule has 2 N–H and O–H groups in total. The number of hydrogen-bond acceptors (Lipinski definition) is 4. The van der Waals surface area contributed by atoms with E-state index in [2.05, 4.69) is 15.0 Å². The Kier molecular flexibility index (Phi) is 3.57. The lowest BCUT2D eigenvalue weighted by molar-refractivity contribution is 0.766. The van der Waals surface area contributed by atoms with Gasteiger partial charge in [0.25, 0.3) is 0 Å². The van der Waals surface area contributed by atoms with E-state index < -0.39 is 0 Å². The van der Waals surface area contributed by atoms with E-state index in [-0.39, 0.29) is 0 Å². The number of aryl methyl sites for hydroxylation is 1. The molecule has 0 aliphatic rings. The van der Waals surface area contributed by atoms with Crippen molar-refractivity contribution in [3.05, 3.63) is 42.0 Å². The van der Waals surface area contributed by atoms with Gasteiger partial charge < -0.3 is 10.6 Å². The summed E-state index contributed by atoms with van der Waals surface area (Å²) in [7, 11) is 3.91. The fourth-order valence-electron chi connectivity index (χ4n) is 1.71. The maximum absolute atomic E-state index is 5.58. The van der Waals surface area contributed by atoms with Gasteiger partial charge in [0, 0.05) is 44.3 Å². The van der Waals surface area contributed by atoms with Crippen molar-refractivity contribution in [1.82, 2.24) is 14.8 Å². The summed E-state index contributed by atoms with van der Waals surface area (Å²) in [6.07, 6.45) is 5.56. The van der Waals surface area contributed by atoms with Gasteiger partial charge in [0.15, 0.2) is 0 Å². The first-order chi connectivity index (χ1) is 8.56. The van der Waals surface area contributed by atoms with Crippen LogP contribution in [-0.2, 0) is 13.6 Å². The van der Waals surface area contributed by atoms with Gasteiger partial charge in [-0.05, 0) is 12.1 Å². The second kappa shape index (κ2) is 5.14. The number of anilines is 1. The highest BCUT2D eigenvalue weighted by Crippen LogP contribution is 2.15. The van der Waals surface area contributed by atoms with Crippen molar-refractivity contribution >= 4 is 22.9 Å². The lowest BCUT2D eigenvalue weighted by Gasteiger charge is -2.18. The highest BCUT2D eigenvalue weighted by molar-refractivity contribution is 7.80. The van der Waals surface area contributed by atoms with E-state index in [0.717, 1.165) is 17.8 Å². The average Bonchev–Trinajstić information content (AvgIpc) is 2.75. The van der Waals surface area contributed by atoms with Gasteiger partial charge in [0.05, 0.1) is 11.9 Å². The Balaban J connectivity index is 2.15. The molecule has 6 heteroatoms. The van der Waals surface area contributed by atoms with Crippen molar-refractivity contribution < 1.29 is 0 Å². The number of nitrogens with zero attached hydrogens (tertiary/aromatic N) is 4.